The largest absolute Gasteiger partial charge is 0.318 e. The van der Waals surface area contributed by atoms with Crippen LogP contribution in [0.4, 0.5) is 5.00 Å². The molecule has 1 aliphatic carbocycles. The molecule has 0 spiro atoms. The minimum Gasteiger partial charge on any atom is -0.318 e. The summed E-state index contributed by atoms with van der Waals surface area (Å²) in [5, 5.41) is 10.7. The van der Waals surface area contributed by atoms with Crippen molar-refractivity contribution in [3.8, 4) is 11.8 Å². The standard InChI is InChI=1S/C26H29N3S/c1-17-13-19(18(2)29(17)21-9-7-6-8-10-21)16-28-25-23(15-27)22-12-11-20(26(3,4)5)14-24(22)30-25/h6-10,13,16,20H,11-12,14H2,1-5H3/t20-/m0/s1. The van der Waals surface area contributed by atoms with Crippen LogP contribution in [0.5, 0.6) is 0 Å². The first-order valence-electron chi connectivity index (χ1n) is 10.6. The Kier molecular flexibility index (Phi) is 5.42. The molecule has 0 bridgehead atoms. The molecule has 0 radical (unpaired) electrons. The van der Waals surface area contributed by atoms with Gasteiger partial charge in [-0.25, -0.2) is 4.99 Å². The quantitative estimate of drug-likeness (QED) is 0.428. The van der Waals surface area contributed by atoms with Gasteiger partial charge in [0, 0.05) is 33.7 Å². The van der Waals surface area contributed by atoms with E-state index in [4.69, 9.17) is 4.99 Å². The number of rotatable bonds is 3. The van der Waals surface area contributed by atoms with Crippen molar-refractivity contribution in [3.05, 3.63) is 69.4 Å². The van der Waals surface area contributed by atoms with Gasteiger partial charge in [-0.2, -0.15) is 5.26 Å². The molecular weight excluding hydrogens is 386 g/mol. The number of nitriles is 1. The molecule has 0 N–H and O–H groups in total. The molecule has 0 saturated carbocycles. The SMILES string of the molecule is Cc1cc(C=Nc2sc3c(c2C#N)CC[C@H](C(C)(C)C)C3)c(C)n1-c1ccccc1. The highest BCUT2D eigenvalue weighted by atomic mass is 32.1. The summed E-state index contributed by atoms with van der Waals surface area (Å²) in [5.41, 5.74) is 6.92. The van der Waals surface area contributed by atoms with E-state index >= 15 is 0 Å². The van der Waals surface area contributed by atoms with Gasteiger partial charge in [-0.1, -0.05) is 39.0 Å². The average molecular weight is 416 g/mol. The molecule has 0 unspecified atom stereocenters. The minimum atomic E-state index is 0.299. The summed E-state index contributed by atoms with van der Waals surface area (Å²) in [6.07, 6.45) is 5.15. The third-order valence-electron chi connectivity index (χ3n) is 6.39. The van der Waals surface area contributed by atoms with E-state index in [0.717, 1.165) is 46.8 Å². The lowest BCUT2D eigenvalue weighted by molar-refractivity contribution is 0.218. The summed E-state index contributed by atoms with van der Waals surface area (Å²) < 4.78 is 2.25. The number of hydrogen-bond donors (Lipinski definition) is 0. The molecular formula is C26H29N3S. The number of aliphatic imine (C=N–C) groups is 1. The van der Waals surface area contributed by atoms with Crippen LogP contribution in [0.1, 0.15) is 60.1 Å². The zero-order valence-corrected chi connectivity index (χ0v) is 19.3. The predicted molar refractivity (Wildman–Crippen MR) is 127 cm³/mol. The number of benzene rings is 1. The van der Waals surface area contributed by atoms with Crippen LogP contribution in [-0.4, -0.2) is 10.8 Å². The number of nitrogens with zero attached hydrogens (tertiary/aromatic N) is 3. The number of aryl methyl sites for hydroxylation is 1. The first-order valence-corrected chi connectivity index (χ1v) is 11.4. The highest BCUT2D eigenvalue weighted by molar-refractivity contribution is 7.16. The van der Waals surface area contributed by atoms with Gasteiger partial charge < -0.3 is 4.57 Å². The number of para-hydroxylation sites is 1. The topological polar surface area (TPSA) is 41.1 Å². The monoisotopic (exact) mass is 415 g/mol. The molecule has 0 fully saturated rings. The Labute approximate surface area is 183 Å². The maximum atomic E-state index is 9.82. The third kappa shape index (κ3) is 3.75. The second kappa shape index (κ2) is 7.89. The Bertz CT molecular complexity index is 1130. The fourth-order valence-electron chi connectivity index (χ4n) is 4.54. The summed E-state index contributed by atoms with van der Waals surface area (Å²) in [4.78, 5) is 6.17. The van der Waals surface area contributed by atoms with Gasteiger partial charge in [-0.05, 0) is 68.2 Å². The summed E-state index contributed by atoms with van der Waals surface area (Å²) in [7, 11) is 0. The Hall–Kier alpha value is -2.64. The van der Waals surface area contributed by atoms with Crippen LogP contribution in [0.15, 0.2) is 41.4 Å². The van der Waals surface area contributed by atoms with E-state index in [-0.39, 0.29) is 0 Å². The van der Waals surface area contributed by atoms with Crippen LogP contribution < -0.4 is 0 Å². The molecule has 30 heavy (non-hydrogen) atoms. The van der Waals surface area contributed by atoms with E-state index in [1.807, 2.05) is 12.3 Å². The summed E-state index contributed by atoms with van der Waals surface area (Å²) in [5.74, 6) is 0.664. The third-order valence-corrected chi connectivity index (χ3v) is 7.55. The van der Waals surface area contributed by atoms with Crippen LogP contribution in [0.2, 0.25) is 0 Å². The highest BCUT2D eigenvalue weighted by Crippen LogP contribution is 2.44. The van der Waals surface area contributed by atoms with Gasteiger partial charge in [0.15, 0.2) is 0 Å². The zero-order chi connectivity index (χ0) is 21.5. The lowest BCUT2D eigenvalue weighted by atomic mass is 9.72. The van der Waals surface area contributed by atoms with Crippen LogP contribution >= 0.6 is 11.3 Å². The van der Waals surface area contributed by atoms with Crippen molar-refractivity contribution in [2.45, 2.75) is 53.9 Å². The molecule has 4 heteroatoms. The average Bonchev–Trinajstić information content (AvgIpc) is 3.21. The lowest BCUT2D eigenvalue weighted by Crippen LogP contribution is -2.26. The number of thiophene rings is 1. The van der Waals surface area contributed by atoms with E-state index in [1.54, 1.807) is 11.3 Å². The smallest absolute Gasteiger partial charge is 0.134 e. The normalized spacial score (nSPS) is 16.6. The van der Waals surface area contributed by atoms with Gasteiger partial charge in [0.05, 0.1) is 5.56 Å². The van der Waals surface area contributed by atoms with Crippen LogP contribution in [0.3, 0.4) is 0 Å². The minimum absolute atomic E-state index is 0.299. The van der Waals surface area contributed by atoms with Gasteiger partial charge in [0.1, 0.15) is 11.1 Å². The van der Waals surface area contributed by atoms with Gasteiger partial charge in [0.25, 0.3) is 0 Å². The maximum absolute atomic E-state index is 9.82. The van der Waals surface area contributed by atoms with Crippen molar-refractivity contribution in [1.82, 2.24) is 4.57 Å². The Balaban J connectivity index is 1.66. The van der Waals surface area contributed by atoms with Crippen LogP contribution in [-0.2, 0) is 12.8 Å². The molecule has 0 aliphatic heterocycles. The first kappa shape index (κ1) is 20.6. The Morgan fingerprint density at radius 2 is 1.93 bits per heavy atom. The van der Waals surface area contributed by atoms with Crippen molar-refractivity contribution in [2.75, 3.05) is 0 Å². The van der Waals surface area contributed by atoms with Crippen molar-refractivity contribution < 1.29 is 0 Å². The van der Waals surface area contributed by atoms with Crippen molar-refractivity contribution in [2.24, 2.45) is 16.3 Å². The van der Waals surface area contributed by atoms with E-state index in [9.17, 15) is 5.26 Å². The van der Waals surface area contributed by atoms with E-state index in [0.29, 0.717) is 11.3 Å². The van der Waals surface area contributed by atoms with Crippen molar-refractivity contribution in [1.29, 1.82) is 5.26 Å². The van der Waals surface area contributed by atoms with Crippen molar-refractivity contribution in [3.63, 3.8) is 0 Å². The van der Waals surface area contributed by atoms with Crippen LogP contribution in [0.25, 0.3) is 5.69 Å². The van der Waals surface area contributed by atoms with Gasteiger partial charge in [-0.15, -0.1) is 11.3 Å². The second-order valence-corrected chi connectivity index (χ2v) is 10.4. The predicted octanol–water partition coefficient (Wildman–Crippen LogP) is 6.93. The molecule has 1 atom stereocenters. The number of aromatic nitrogens is 1. The van der Waals surface area contributed by atoms with E-state index in [1.165, 1.54) is 16.1 Å². The van der Waals surface area contributed by atoms with Crippen molar-refractivity contribution >= 4 is 22.6 Å². The van der Waals surface area contributed by atoms with Crippen LogP contribution in [0, 0.1) is 36.5 Å². The molecule has 3 aromatic rings. The molecule has 0 saturated heterocycles. The fourth-order valence-corrected chi connectivity index (χ4v) is 5.76. The van der Waals surface area contributed by atoms with Gasteiger partial charge in [0.2, 0.25) is 0 Å². The summed E-state index contributed by atoms with van der Waals surface area (Å²) in [6.45, 7) is 11.2. The second-order valence-electron chi connectivity index (χ2n) is 9.36. The first-order chi connectivity index (χ1) is 14.3. The molecule has 2 aromatic heterocycles. The Morgan fingerprint density at radius 1 is 1.20 bits per heavy atom. The van der Waals surface area contributed by atoms with E-state index in [2.05, 4.69) is 75.6 Å². The fraction of sp³-hybridized carbons (Fsp3) is 0.385. The number of hydrogen-bond acceptors (Lipinski definition) is 3. The summed E-state index contributed by atoms with van der Waals surface area (Å²) in [6, 6.07) is 15.0. The molecule has 0 amide bonds. The Morgan fingerprint density at radius 3 is 2.60 bits per heavy atom. The molecule has 3 nitrogen and oxygen atoms in total. The molecule has 154 valence electrons. The molecule has 1 aromatic carbocycles. The zero-order valence-electron chi connectivity index (χ0n) is 18.5. The molecule has 1 aliphatic rings. The van der Waals surface area contributed by atoms with Gasteiger partial charge in [-0.3, -0.25) is 0 Å². The van der Waals surface area contributed by atoms with Gasteiger partial charge >= 0.3 is 0 Å². The lowest BCUT2D eigenvalue weighted by Gasteiger charge is -2.33. The number of fused-ring (bicyclic) bond motifs is 1. The molecule has 4 rings (SSSR count). The highest BCUT2D eigenvalue weighted by Gasteiger charge is 2.32. The van der Waals surface area contributed by atoms with E-state index < -0.39 is 0 Å². The molecule has 2 heterocycles. The summed E-state index contributed by atoms with van der Waals surface area (Å²) >= 11 is 1.71. The maximum Gasteiger partial charge on any atom is 0.134 e.